The molecule has 0 radical (unpaired) electrons. The van der Waals surface area contributed by atoms with Gasteiger partial charge in [0, 0.05) is 22.5 Å². The molecule has 2 rings (SSSR count). The molecule has 126 valence electrons. The second kappa shape index (κ2) is 8.61. The van der Waals surface area contributed by atoms with Crippen LogP contribution in [0.15, 0.2) is 53.0 Å². The van der Waals surface area contributed by atoms with E-state index in [1.165, 1.54) is 14.0 Å². The number of halogens is 1. The molecule has 0 fully saturated rings. The number of hydrogen-bond acceptors (Lipinski definition) is 3. The van der Waals surface area contributed by atoms with Gasteiger partial charge in [0.1, 0.15) is 6.04 Å². The van der Waals surface area contributed by atoms with E-state index in [4.69, 9.17) is 4.74 Å². The number of carbonyl (C=O) groups excluding carboxylic acids is 2. The number of rotatable bonds is 6. The maximum atomic E-state index is 11.6. The van der Waals surface area contributed by atoms with Crippen LogP contribution in [0, 0.1) is 0 Å². The molecule has 5 nitrogen and oxygen atoms in total. The first-order chi connectivity index (χ1) is 11.5. The summed E-state index contributed by atoms with van der Waals surface area (Å²) in [6.45, 7) is 1.66. The van der Waals surface area contributed by atoms with Crippen molar-refractivity contribution < 1.29 is 19.6 Å². The largest absolute Gasteiger partial charge is 0.465 e. The number of hydrogen-bond donors (Lipinski definition) is 2. The number of nitrogens with two attached hydrogens (primary N) is 1. The molecule has 0 aliphatic rings. The average Bonchev–Trinajstić information content (AvgIpc) is 2.57. The Morgan fingerprint density at radius 1 is 1.21 bits per heavy atom. The first-order valence-electron chi connectivity index (χ1n) is 7.53. The van der Waals surface area contributed by atoms with E-state index in [2.05, 4.69) is 21.2 Å². The van der Waals surface area contributed by atoms with Crippen LogP contribution in [-0.4, -0.2) is 25.5 Å². The third kappa shape index (κ3) is 4.91. The van der Waals surface area contributed by atoms with E-state index in [9.17, 15) is 9.59 Å². The lowest BCUT2D eigenvalue weighted by Crippen LogP contribution is -2.87. The molecule has 0 bridgehead atoms. The predicted molar refractivity (Wildman–Crippen MR) is 95.5 cm³/mol. The van der Waals surface area contributed by atoms with Crippen molar-refractivity contribution in [1.29, 1.82) is 0 Å². The van der Waals surface area contributed by atoms with Gasteiger partial charge >= 0.3 is 5.97 Å². The third-order valence-electron chi connectivity index (χ3n) is 3.57. The van der Waals surface area contributed by atoms with Crippen LogP contribution >= 0.6 is 15.9 Å². The lowest BCUT2D eigenvalue weighted by Gasteiger charge is -2.19. The van der Waals surface area contributed by atoms with Crippen LogP contribution < -0.4 is 10.6 Å². The van der Waals surface area contributed by atoms with E-state index in [0.717, 1.165) is 21.3 Å². The summed E-state index contributed by atoms with van der Waals surface area (Å²) >= 11 is 3.48. The molecule has 0 aromatic heterocycles. The van der Waals surface area contributed by atoms with Gasteiger partial charge in [-0.05, 0) is 18.2 Å². The molecule has 0 saturated heterocycles. The van der Waals surface area contributed by atoms with Gasteiger partial charge in [-0.2, -0.15) is 0 Å². The van der Waals surface area contributed by atoms with Crippen LogP contribution in [0.5, 0.6) is 0 Å². The Balaban J connectivity index is 2.44. The molecule has 24 heavy (non-hydrogen) atoms. The van der Waals surface area contributed by atoms with Gasteiger partial charge in [0.05, 0.1) is 12.8 Å². The molecule has 1 atom stereocenters. The van der Waals surface area contributed by atoms with E-state index in [-0.39, 0.29) is 24.5 Å². The second-order valence-corrected chi connectivity index (χ2v) is 6.23. The third-order valence-corrected chi connectivity index (χ3v) is 4.06. The highest BCUT2D eigenvalue weighted by atomic mass is 79.9. The number of benzene rings is 2. The predicted octanol–water partition coefficient (Wildman–Crippen LogP) is 2.23. The molecule has 0 heterocycles. The number of nitrogens with one attached hydrogen (secondary N) is 1. The van der Waals surface area contributed by atoms with Gasteiger partial charge in [-0.25, -0.2) is 4.79 Å². The van der Waals surface area contributed by atoms with Crippen LogP contribution in [-0.2, 0) is 14.3 Å². The monoisotopic (exact) mass is 391 g/mol. The molecule has 2 aromatic rings. The number of esters is 1. The number of ether oxygens (including phenoxy) is 1. The fourth-order valence-corrected chi connectivity index (χ4v) is 2.87. The fourth-order valence-electron chi connectivity index (χ4n) is 2.49. The SMILES string of the molecule is COC(=O)C[NH2+][C@@H](c1ccccc1)c1cc(Br)ccc1NC(C)=O. The van der Waals surface area contributed by atoms with Gasteiger partial charge in [0.25, 0.3) is 0 Å². The molecule has 1 amide bonds. The maximum absolute atomic E-state index is 11.6. The number of quaternary nitrogens is 1. The highest BCUT2D eigenvalue weighted by Gasteiger charge is 2.23. The molecule has 0 spiro atoms. The smallest absolute Gasteiger partial charge is 0.361 e. The van der Waals surface area contributed by atoms with Crippen molar-refractivity contribution in [1.82, 2.24) is 0 Å². The average molecular weight is 392 g/mol. The highest BCUT2D eigenvalue weighted by Crippen LogP contribution is 2.29. The quantitative estimate of drug-likeness (QED) is 0.741. The minimum Gasteiger partial charge on any atom is -0.465 e. The van der Waals surface area contributed by atoms with Crippen LogP contribution in [0.25, 0.3) is 0 Å². The summed E-state index contributed by atoms with van der Waals surface area (Å²) in [6, 6.07) is 15.4. The topological polar surface area (TPSA) is 72.0 Å². The lowest BCUT2D eigenvalue weighted by molar-refractivity contribution is -0.677. The highest BCUT2D eigenvalue weighted by molar-refractivity contribution is 9.10. The molecule has 3 N–H and O–H groups in total. The maximum Gasteiger partial charge on any atom is 0.361 e. The molecule has 0 unspecified atom stereocenters. The summed E-state index contributed by atoms with van der Waals surface area (Å²) in [5.41, 5.74) is 2.67. The van der Waals surface area contributed by atoms with E-state index in [0.29, 0.717) is 0 Å². The van der Waals surface area contributed by atoms with Gasteiger partial charge < -0.3 is 15.4 Å². The Morgan fingerprint density at radius 3 is 2.54 bits per heavy atom. The van der Waals surface area contributed by atoms with Crippen LogP contribution in [0.3, 0.4) is 0 Å². The van der Waals surface area contributed by atoms with E-state index in [1.807, 2.05) is 53.8 Å². The van der Waals surface area contributed by atoms with Crippen LogP contribution in [0.2, 0.25) is 0 Å². The van der Waals surface area contributed by atoms with Crippen LogP contribution in [0.1, 0.15) is 24.1 Å². The van der Waals surface area contributed by atoms with E-state index >= 15 is 0 Å². The van der Waals surface area contributed by atoms with Gasteiger partial charge in [0.2, 0.25) is 5.91 Å². The Kier molecular flexibility index (Phi) is 6.52. The zero-order chi connectivity index (χ0) is 17.5. The van der Waals surface area contributed by atoms with Gasteiger partial charge in [-0.1, -0.05) is 46.3 Å². The van der Waals surface area contributed by atoms with Crippen molar-refractivity contribution in [2.45, 2.75) is 13.0 Å². The van der Waals surface area contributed by atoms with E-state index in [1.54, 1.807) is 0 Å². The summed E-state index contributed by atoms with van der Waals surface area (Å²) in [5.74, 6) is -0.439. The Morgan fingerprint density at radius 2 is 1.92 bits per heavy atom. The van der Waals surface area contributed by atoms with Crippen molar-refractivity contribution in [3.8, 4) is 0 Å². The standard InChI is InChI=1S/C18H19BrN2O3/c1-12(22)21-16-9-8-14(19)10-15(16)18(20-11-17(23)24-2)13-6-4-3-5-7-13/h3-10,18,20H,11H2,1-2H3,(H,21,22)/p+1/t18-/m0/s1. The summed E-state index contributed by atoms with van der Waals surface area (Å²) < 4.78 is 5.64. The first-order valence-corrected chi connectivity index (χ1v) is 8.32. The molecule has 6 heteroatoms. The van der Waals surface area contributed by atoms with Crippen molar-refractivity contribution in [3.63, 3.8) is 0 Å². The zero-order valence-electron chi connectivity index (χ0n) is 13.6. The van der Waals surface area contributed by atoms with Crippen molar-refractivity contribution in [3.05, 3.63) is 64.1 Å². The van der Waals surface area contributed by atoms with Gasteiger partial charge in [0.15, 0.2) is 6.54 Å². The van der Waals surface area contributed by atoms with Crippen molar-refractivity contribution >= 4 is 33.5 Å². The molecule has 0 saturated carbocycles. The summed E-state index contributed by atoms with van der Waals surface area (Å²) in [6.07, 6.45) is 0. The normalized spacial score (nSPS) is 11.6. The molecular formula is C18H20BrN2O3+. The Labute approximate surface area is 149 Å². The Hall–Kier alpha value is -2.18. The second-order valence-electron chi connectivity index (χ2n) is 5.32. The number of methoxy groups -OCH3 is 1. The summed E-state index contributed by atoms with van der Waals surface area (Å²) in [4.78, 5) is 23.1. The van der Waals surface area contributed by atoms with Crippen LogP contribution in [0.4, 0.5) is 5.69 Å². The van der Waals surface area contributed by atoms with E-state index < -0.39 is 0 Å². The molecule has 2 aromatic carbocycles. The number of carbonyl (C=O) groups is 2. The number of amides is 1. The molecule has 0 aliphatic carbocycles. The minimum atomic E-state index is -0.299. The minimum absolute atomic E-state index is 0.140. The van der Waals surface area contributed by atoms with Crippen molar-refractivity contribution in [2.75, 3.05) is 19.0 Å². The van der Waals surface area contributed by atoms with Gasteiger partial charge in [-0.15, -0.1) is 0 Å². The summed E-state index contributed by atoms with van der Waals surface area (Å²) in [7, 11) is 1.37. The zero-order valence-corrected chi connectivity index (χ0v) is 15.2. The van der Waals surface area contributed by atoms with Gasteiger partial charge in [-0.3, -0.25) is 4.79 Å². The van der Waals surface area contributed by atoms with Crippen molar-refractivity contribution in [2.24, 2.45) is 0 Å². The molecular weight excluding hydrogens is 372 g/mol. The Bertz CT molecular complexity index is 719. The fraction of sp³-hybridized carbons (Fsp3) is 0.222. The molecule has 0 aliphatic heterocycles. The summed E-state index contributed by atoms with van der Waals surface area (Å²) in [5, 5.41) is 4.75. The first kappa shape index (κ1) is 18.2. The lowest BCUT2D eigenvalue weighted by atomic mass is 9.97. The number of anilines is 1.